The van der Waals surface area contributed by atoms with Gasteiger partial charge in [0.05, 0.1) is 52.9 Å². The lowest BCUT2D eigenvalue weighted by molar-refractivity contribution is -0.136. The average Bonchev–Trinajstić information content (AvgIpc) is 3.60. The van der Waals surface area contributed by atoms with Crippen LogP contribution in [0.4, 0.5) is 11.4 Å². The molecule has 0 spiro atoms. The Balaban J connectivity index is 0.909. The van der Waals surface area contributed by atoms with Gasteiger partial charge in [-0.2, -0.15) is 5.10 Å². The number of aromatic nitrogens is 4. The van der Waals surface area contributed by atoms with Crippen LogP contribution in [-0.2, 0) is 9.59 Å². The van der Waals surface area contributed by atoms with Crippen LogP contribution in [0.1, 0.15) is 58.9 Å². The van der Waals surface area contributed by atoms with Gasteiger partial charge < -0.3 is 15.7 Å². The molecule has 45 heavy (non-hydrogen) atoms. The molecule has 0 radical (unpaired) electrons. The van der Waals surface area contributed by atoms with E-state index in [0.29, 0.717) is 25.0 Å². The zero-order chi connectivity index (χ0) is 31.1. The Bertz CT molecular complexity index is 1830. The van der Waals surface area contributed by atoms with Crippen LogP contribution in [0, 0.1) is 5.92 Å². The van der Waals surface area contributed by atoms with E-state index in [1.807, 2.05) is 35.3 Å². The van der Waals surface area contributed by atoms with Gasteiger partial charge >= 0.3 is 0 Å². The highest BCUT2D eigenvalue weighted by Crippen LogP contribution is 2.40. The van der Waals surface area contributed by atoms with E-state index in [2.05, 4.69) is 26.0 Å². The molecule has 13 nitrogen and oxygen atoms in total. The van der Waals surface area contributed by atoms with E-state index in [0.717, 1.165) is 57.8 Å². The van der Waals surface area contributed by atoms with Crippen LogP contribution in [0.3, 0.4) is 0 Å². The third kappa shape index (κ3) is 5.50. The van der Waals surface area contributed by atoms with Crippen LogP contribution in [-0.4, -0.2) is 79.1 Å². The van der Waals surface area contributed by atoms with Gasteiger partial charge in [-0.15, -0.1) is 0 Å². The maximum atomic E-state index is 13.1. The molecule has 1 aliphatic carbocycles. The van der Waals surface area contributed by atoms with Crippen molar-refractivity contribution in [2.75, 3.05) is 30.3 Å². The van der Waals surface area contributed by atoms with Crippen molar-refractivity contribution in [3.05, 3.63) is 66.1 Å². The summed E-state index contributed by atoms with van der Waals surface area (Å²) in [6, 6.07) is 10.2. The van der Waals surface area contributed by atoms with Crippen molar-refractivity contribution in [3.63, 3.8) is 0 Å². The number of anilines is 2. The first kappa shape index (κ1) is 28.6. The van der Waals surface area contributed by atoms with Gasteiger partial charge in [0.2, 0.25) is 11.8 Å². The summed E-state index contributed by atoms with van der Waals surface area (Å²) >= 11 is 0. The van der Waals surface area contributed by atoms with E-state index in [4.69, 9.17) is 10.1 Å². The Kier molecular flexibility index (Phi) is 7.45. The number of imide groups is 2. The van der Waals surface area contributed by atoms with E-state index in [1.54, 1.807) is 24.4 Å². The summed E-state index contributed by atoms with van der Waals surface area (Å²) < 4.78 is 2.00. The number of nitrogens with one attached hydrogen (secondary N) is 3. The first-order chi connectivity index (χ1) is 21.9. The topological polar surface area (TPSA) is 171 Å². The van der Waals surface area contributed by atoms with Gasteiger partial charge in [0.15, 0.2) is 0 Å². The van der Waals surface area contributed by atoms with Gasteiger partial charge in [-0.05, 0) is 68.0 Å². The van der Waals surface area contributed by atoms with Crippen LogP contribution in [0.15, 0.2) is 55.0 Å². The number of benzene rings is 2. The van der Waals surface area contributed by atoms with Crippen LogP contribution < -0.4 is 16.0 Å². The third-order valence-corrected chi connectivity index (χ3v) is 8.79. The fraction of sp³-hybridized carbons (Fsp3) is 0.344. The molecule has 1 saturated heterocycles. The van der Waals surface area contributed by atoms with Crippen LogP contribution in [0.25, 0.3) is 22.3 Å². The summed E-state index contributed by atoms with van der Waals surface area (Å²) in [5.74, 6) is -1.50. The summed E-state index contributed by atoms with van der Waals surface area (Å²) in [6.45, 7) is 1.25. The molecule has 7 rings (SSSR count). The normalized spacial score (nSPS) is 21.1. The van der Waals surface area contributed by atoms with Crippen molar-refractivity contribution in [3.8, 4) is 11.3 Å². The van der Waals surface area contributed by atoms with Gasteiger partial charge in [-0.3, -0.25) is 39.1 Å². The molecule has 0 bridgehead atoms. The van der Waals surface area contributed by atoms with Gasteiger partial charge in [0.1, 0.15) is 6.04 Å². The highest BCUT2D eigenvalue weighted by molar-refractivity contribution is 6.23. The predicted molar refractivity (Wildman–Crippen MR) is 164 cm³/mol. The molecule has 2 aromatic carbocycles. The fourth-order valence-corrected chi connectivity index (χ4v) is 6.28. The van der Waals surface area contributed by atoms with E-state index in [9.17, 15) is 19.2 Å². The first-order valence-corrected chi connectivity index (χ1v) is 15.1. The molecule has 4 N–H and O–H groups in total. The molecule has 2 aliphatic heterocycles. The second-order valence-corrected chi connectivity index (χ2v) is 11.7. The van der Waals surface area contributed by atoms with Gasteiger partial charge in [0, 0.05) is 42.6 Å². The molecule has 230 valence electrons. The lowest BCUT2D eigenvalue weighted by Gasteiger charge is -2.35. The van der Waals surface area contributed by atoms with Crippen molar-refractivity contribution < 1.29 is 24.3 Å². The largest absolute Gasteiger partial charge is 0.395 e. The molecule has 3 aliphatic rings. The van der Waals surface area contributed by atoms with Crippen LogP contribution in [0.2, 0.25) is 0 Å². The zero-order valence-corrected chi connectivity index (χ0v) is 24.4. The molecule has 1 unspecified atom stereocenters. The maximum Gasteiger partial charge on any atom is 0.262 e. The van der Waals surface area contributed by atoms with Crippen LogP contribution >= 0.6 is 0 Å². The number of hydrogen-bond acceptors (Lipinski definition) is 10. The standard InChI is InChI=1S/C32H32N8O5/c41-10-9-34-21-2-4-25-26(14-21)35-16-27(37-25)19-15-36-39(17-19)22-11-18(12-22)7-8-33-20-1-3-23-24(13-20)32(45)40(31(23)44)28-5-6-29(42)38-30(28)43/h1-4,13-18,22,28,33-34,41H,5-12H2,(H,38,42,43). The van der Waals surface area contributed by atoms with Crippen molar-refractivity contribution in [1.29, 1.82) is 0 Å². The SMILES string of the molecule is O=C1CCC(N2C(=O)c3ccc(NCCC4CC(n5cc(-c6cnc7cc(NCCO)ccc7n6)cn5)C4)cc3C2=O)C(=O)N1. The Labute approximate surface area is 258 Å². The Hall–Kier alpha value is -5.17. The van der Waals surface area contributed by atoms with E-state index >= 15 is 0 Å². The number of hydrogen-bond donors (Lipinski definition) is 4. The molecule has 4 amide bonds. The van der Waals surface area contributed by atoms with Crippen molar-refractivity contribution in [2.24, 2.45) is 5.92 Å². The molecule has 1 atom stereocenters. The van der Waals surface area contributed by atoms with E-state index < -0.39 is 29.7 Å². The molecule has 4 heterocycles. The number of aliphatic hydroxyl groups excluding tert-OH is 1. The minimum Gasteiger partial charge on any atom is -0.395 e. The minimum atomic E-state index is -0.973. The van der Waals surface area contributed by atoms with Crippen molar-refractivity contribution in [2.45, 2.75) is 44.2 Å². The molecule has 4 aromatic rings. The number of aliphatic hydroxyl groups is 1. The third-order valence-electron chi connectivity index (χ3n) is 8.79. The molecule has 13 heteroatoms. The monoisotopic (exact) mass is 608 g/mol. The second kappa shape index (κ2) is 11.7. The summed E-state index contributed by atoms with van der Waals surface area (Å²) in [6.07, 6.45) is 8.78. The molecular formula is C32H32N8O5. The van der Waals surface area contributed by atoms with Gasteiger partial charge in [-0.1, -0.05) is 0 Å². The molecule has 2 aromatic heterocycles. The summed E-state index contributed by atoms with van der Waals surface area (Å²) in [7, 11) is 0. The molecule has 2 fully saturated rings. The van der Waals surface area contributed by atoms with Crippen LogP contribution in [0.5, 0.6) is 0 Å². The number of amides is 4. The minimum absolute atomic E-state index is 0.0592. The number of fused-ring (bicyclic) bond motifs is 2. The number of carbonyl (C=O) groups excluding carboxylic acids is 4. The average molecular weight is 609 g/mol. The smallest absolute Gasteiger partial charge is 0.262 e. The molecule has 1 saturated carbocycles. The maximum absolute atomic E-state index is 13.1. The Morgan fingerprint density at radius 1 is 0.911 bits per heavy atom. The summed E-state index contributed by atoms with van der Waals surface area (Å²) in [5.41, 5.74) is 5.41. The lowest BCUT2D eigenvalue weighted by Crippen LogP contribution is -2.54. The van der Waals surface area contributed by atoms with Gasteiger partial charge in [-0.25, -0.2) is 4.98 Å². The Morgan fingerprint density at radius 3 is 2.51 bits per heavy atom. The lowest BCUT2D eigenvalue weighted by atomic mass is 9.78. The van der Waals surface area contributed by atoms with Gasteiger partial charge in [0.25, 0.3) is 11.8 Å². The second-order valence-electron chi connectivity index (χ2n) is 11.7. The summed E-state index contributed by atoms with van der Waals surface area (Å²) in [5, 5.41) is 22.3. The van der Waals surface area contributed by atoms with Crippen molar-refractivity contribution >= 4 is 46.0 Å². The predicted octanol–water partition coefficient (Wildman–Crippen LogP) is 2.75. The highest BCUT2D eigenvalue weighted by Gasteiger charge is 2.44. The van der Waals surface area contributed by atoms with E-state index in [-0.39, 0.29) is 30.6 Å². The van der Waals surface area contributed by atoms with Crippen molar-refractivity contribution in [1.82, 2.24) is 30.0 Å². The fourth-order valence-electron chi connectivity index (χ4n) is 6.28. The molecular weight excluding hydrogens is 576 g/mol. The number of carbonyl (C=O) groups is 4. The quantitative estimate of drug-likeness (QED) is 0.196. The number of rotatable bonds is 10. The number of piperidine rings is 1. The first-order valence-electron chi connectivity index (χ1n) is 15.1. The zero-order valence-electron chi connectivity index (χ0n) is 24.4. The van der Waals surface area contributed by atoms with E-state index in [1.165, 1.54) is 0 Å². The number of nitrogens with zero attached hydrogens (tertiary/aromatic N) is 5. The Morgan fingerprint density at radius 2 is 1.69 bits per heavy atom. The highest BCUT2D eigenvalue weighted by atomic mass is 16.3. The summed E-state index contributed by atoms with van der Waals surface area (Å²) in [4.78, 5) is 60.1.